The van der Waals surface area contributed by atoms with Crippen molar-refractivity contribution in [1.82, 2.24) is 15.1 Å². The SMILES string of the molecule is CCCNCc1cc(Br)ccc1-n1ccc(C2CC2)n1. The molecule has 0 spiro atoms. The quantitative estimate of drug-likeness (QED) is 0.809. The van der Waals surface area contributed by atoms with Gasteiger partial charge in [0.25, 0.3) is 0 Å². The zero-order valence-corrected chi connectivity index (χ0v) is 13.4. The topological polar surface area (TPSA) is 29.9 Å². The first-order valence-corrected chi connectivity index (χ1v) is 8.12. The van der Waals surface area contributed by atoms with Crippen molar-refractivity contribution in [3.05, 3.63) is 46.2 Å². The van der Waals surface area contributed by atoms with Crippen molar-refractivity contribution < 1.29 is 0 Å². The van der Waals surface area contributed by atoms with Crippen LogP contribution in [0.15, 0.2) is 34.9 Å². The van der Waals surface area contributed by atoms with Gasteiger partial charge in [-0.2, -0.15) is 5.10 Å². The van der Waals surface area contributed by atoms with Crippen LogP contribution in [0.5, 0.6) is 0 Å². The third-order valence-electron chi connectivity index (χ3n) is 3.64. The highest BCUT2D eigenvalue weighted by Crippen LogP contribution is 2.39. The molecule has 1 aromatic carbocycles. The lowest BCUT2D eigenvalue weighted by molar-refractivity contribution is 0.669. The molecule has 1 aromatic heterocycles. The standard InChI is InChI=1S/C16H20BrN3/c1-2-8-18-11-13-10-14(17)5-6-16(13)20-9-7-15(19-20)12-3-4-12/h5-7,9-10,12,18H,2-4,8,11H2,1H3. The monoisotopic (exact) mass is 333 g/mol. The summed E-state index contributed by atoms with van der Waals surface area (Å²) in [6.07, 6.45) is 5.82. The Hall–Kier alpha value is -1.13. The Morgan fingerprint density at radius 3 is 2.95 bits per heavy atom. The molecular weight excluding hydrogens is 314 g/mol. The summed E-state index contributed by atoms with van der Waals surface area (Å²) in [5.74, 6) is 0.702. The number of hydrogen-bond acceptors (Lipinski definition) is 2. The Balaban J connectivity index is 1.85. The van der Waals surface area contributed by atoms with Gasteiger partial charge in [0.05, 0.1) is 11.4 Å². The van der Waals surface area contributed by atoms with E-state index in [1.54, 1.807) is 0 Å². The lowest BCUT2D eigenvalue weighted by Gasteiger charge is -2.11. The van der Waals surface area contributed by atoms with Gasteiger partial charge < -0.3 is 5.32 Å². The van der Waals surface area contributed by atoms with Gasteiger partial charge in [-0.3, -0.25) is 0 Å². The first kappa shape index (κ1) is 13.8. The molecule has 1 heterocycles. The average Bonchev–Trinajstić information content (AvgIpc) is 3.18. The summed E-state index contributed by atoms with van der Waals surface area (Å²) in [5, 5.41) is 8.20. The lowest BCUT2D eigenvalue weighted by atomic mass is 10.2. The number of halogens is 1. The molecule has 0 saturated heterocycles. The minimum atomic E-state index is 0.702. The van der Waals surface area contributed by atoms with Gasteiger partial charge in [-0.05, 0) is 55.6 Å². The van der Waals surface area contributed by atoms with E-state index in [2.05, 4.69) is 58.6 Å². The number of nitrogens with one attached hydrogen (secondary N) is 1. The largest absolute Gasteiger partial charge is 0.313 e. The summed E-state index contributed by atoms with van der Waals surface area (Å²) in [5.41, 5.74) is 3.68. The molecule has 2 aromatic rings. The van der Waals surface area contributed by atoms with Gasteiger partial charge in [0.15, 0.2) is 0 Å². The molecule has 0 aliphatic heterocycles. The van der Waals surface area contributed by atoms with Crippen molar-refractivity contribution in [3.8, 4) is 5.69 Å². The Labute approximate surface area is 128 Å². The van der Waals surface area contributed by atoms with Gasteiger partial charge in [-0.1, -0.05) is 22.9 Å². The van der Waals surface area contributed by atoms with Gasteiger partial charge in [0.2, 0.25) is 0 Å². The van der Waals surface area contributed by atoms with Gasteiger partial charge in [-0.25, -0.2) is 4.68 Å². The number of rotatable bonds is 6. The highest BCUT2D eigenvalue weighted by Gasteiger charge is 2.26. The highest BCUT2D eigenvalue weighted by molar-refractivity contribution is 9.10. The maximum absolute atomic E-state index is 4.73. The lowest BCUT2D eigenvalue weighted by Crippen LogP contribution is -2.15. The van der Waals surface area contributed by atoms with Crippen molar-refractivity contribution in [2.24, 2.45) is 0 Å². The fraction of sp³-hybridized carbons (Fsp3) is 0.438. The van der Waals surface area contributed by atoms with E-state index in [0.717, 1.165) is 24.0 Å². The molecule has 0 amide bonds. The first-order chi connectivity index (χ1) is 9.78. The average molecular weight is 334 g/mol. The molecule has 3 nitrogen and oxygen atoms in total. The molecule has 1 N–H and O–H groups in total. The van der Waals surface area contributed by atoms with Crippen LogP contribution in [0.4, 0.5) is 0 Å². The smallest absolute Gasteiger partial charge is 0.0691 e. The van der Waals surface area contributed by atoms with E-state index in [1.165, 1.54) is 29.8 Å². The summed E-state index contributed by atoms with van der Waals surface area (Å²) in [4.78, 5) is 0. The van der Waals surface area contributed by atoms with Crippen molar-refractivity contribution in [3.63, 3.8) is 0 Å². The molecule has 1 fully saturated rings. The predicted molar refractivity (Wildman–Crippen MR) is 85.2 cm³/mol. The van der Waals surface area contributed by atoms with Gasteiger partial charge in [0.1, 0.15) is 0 Å². The van der Waals surface area contributed by atoms with Crippen LogP contribution in [-0.2, 0) is 6.54 Å². The second-order valence-corrected chi connectivity index (χ2v) is 6.32. The van der Waals surface area contributed by atoms with E-state index < -0.39 is 0 Å². The van der Waals surface area contributed by atoms with Crippen LogP contribution < -0.4 is 5.32 Å². The zero-order chi connectivity index (χ0) is 13.9. The Morgan fingerprint density at radius 2 is 2.20 bits per heavy atom. The van der Waals surface area contributed by atoms with E-state index in [9.17, 15) is 0 Å². The summed E-state index contributed by atoms with van der Waals surface area (Å²) >= 11 is 3.56. The van der Waals surface area contributed by atoms with E-state index in [-0.39, 0.29) is 0 Å². The van der Waals surface area contributed by atoms with Gasteiger partial charge >= 0.3 is 0 Å². The van der Waals surface area contributed by atoms with Gasteiger partial charge in [0, 0.05) is 23.1 Å². The molecule has 0 bridgehead atoms. The van der Waals surface area contributed by atoms with E-state index in [4.69, 9.17) is 5.10 Å². The number of nitrogens with zero attached hydrogens (tertiary/aromatic N) is 2. The summed E-state index contributed by atoms with van der Waals surface area (Å²) in [6, 6.07) is 8.55. The van der Waals surface area contributed by atoms with E-state index in [0.29, 0.717) is 5.92 Å². The summed E-state index contributed by atoms with van der Waals surface area (Å²) in [7, 11) is 0. The van der Waals surface area contributed by atoms with Crippen molar-refractivity contribution in [1.29, 1.82) is 0 Å². The molecule has 0 radical (unpaired) electrons. The minimum Gasteiger partial charge on any atom is -0.313 e. The molecule has 0 atom stereocenters. The number of benzene rings is 1. The maximum atomic E-state index is 4.73. The molecule has 1 aliphatic rings. The predicted octanol–water partition coefficient (Wildman–Crippen LogP) is 4.01. The van der Waals surface area contributed by atoms with E-state index in [1.807, 2.05) is 4.68 Å². The Bertz CT molecular complexity index is 587. The zero-order valence-electron chi connectivity index (χ0n) is 11.8. The molecular formula is C16H20BrN3. The molecule has 4 heteroatoms. The van der Waals surface area contributed by atoms with Crippen LogP contribution in [0.3, 0.4) is 0 Å². The second-order valence-electron chi connectivity index (χ2n) is 5.41. The number of aromatic nitrogens is 2. The number of hydrogen-bond donors (Lipinski definition) is 1. The van der Waals surface area contributed by atoms with Crippen LogP contribution >= 0.6 is 15.9 Å². The fourth-order valence-electron chi connectivity index (χ4n) is 2.39. The van der Waals surface area contributed by atoms with Crippen molar-refractivity contribution in [2.75, 3.05) is 6.54 Å². The van der Waals surface area contributed by atoms with Crippen LogP contribution in [-0.4, -0.2) is 16.3 Å². The van der Waals surface area contributed by atoms with Crippen LogP contribution in [0, 0.1) is 0 Å². The van der Waals surface area contributed by atoms with Crippen molar-refractivity contribution >= 4 is 15.9 Å². The molecule has 3 rings (SSSR count). The maximum Gasteiger partial charge on any atom is 0.0691 e. The molecule has 0 unspecified atom stereocenters. The van der Waals surface area contributed by atoms with Crippen molar-refractivity contribution in [2.45, 2.75) is 38.6 Å². The molecule has 1 saturated carbocycles. The van der Waals surface area contributed by atoms with E-state index >= 15 is 0 Å². The Kier molecular flexibility index (Phi) is 4.22. The van der Waals surface area contributed by atoms with Crippen LogP contribution in [0.1, 0.15) is 43.4 Å². The Morgan fingerprint density at radius 1 is 1.35 bits per heavy atom. The second kappa shape index (κ2) is 6.10. The van der Waals surface area contributed by atoms with Crippen LogP contribution in [0.2, 0.25) is 0 Å². The third kappa shape index (κ3) is 3.13. The molecule has 1 aliphatic carbocycles. The molecule has 20 heavy (non-hydrogen) atoms. The van der Waals surface area contributed by atoms with Crippen LogP contribution in [0.25, 0.3) is 5.69 Å². The third-order valence-corrected chi connectivity index (χ3v) is 4.13. The minimum absolute atomic E-state index is 0.702. The fourth-order valence-corrected chi connectivity index (χ4v) is 2.80. The molecule has 106 valence electrons. The first-order valence-electron chi connectivity index (χ1n) is 7.33. The summed E-state index contributed by atoms with van der Waals surface area (Å²) in [6.45, 7) is 4.10. The normalized spacial score (nSPS) is 14.7. The summed E-state index contributed by atoms with van der Waals surface area (Å²) < 4.78 is 3.13. The highest BCUT2D eigenvalue weighted by atomic mass is 79.9. The van der Waals surface area contributed by atoms with Gasteiger partial charge in [-0.15, -0.1) is 0 Å².